The molecule has 1 N–H and O–H groups in total. The first-order valence-corrected chi connectivity index (χ1v) is 9.20. The highest BCUT2D eigenvalue weighted by atomic mass is 16.5. The number of rotatable bonds is 8. The van der Waals surface area contributed by atoms with Crippen molar-refractivity contribution in [1.29, 1.82) is 0 Å². The summed E-state index contributed by atoms with van der Waals surface area (Å²) in [6.45, 7) is 0. The van der Waals surface area contributed by atoms with E-state index in [1.54, 1.807) is 39.7 Å². The van der Waals surface area contributed by atoms with Crippen molar-refractivity contribution in [2.45, 2.75) is 12.5 Å². The fraction of sp³-hybridized carbons (Fsp3) is 0.217. The quantitative estimate of drug-likeness (QED) is 0.635. The van der Waals surface area contributed by atoms with Crippen LogP contribution in [0.15, 0.2) is 66.9 Å². The zero-order valence-corrected chi connectivity index (χ0v) is 16.7. The molecule has 29 heavy (non-hydrogen) atoms. The smallest absolute Gasteiger partial charge is 0.225 e. The minimum Gasteiger partial charge on any atom is -0.493 e. The van der Waals surface area contributed by atoms with E-state index in [4.69, 9.17) is 14.2 Å². The Labute approximate surface area is 170 Å². The molecule has 3 aromatic rings. The summed E-state index contributed by atoms with van der Waals surface area (Å²) in [6, 6.07) is 18.6. The molecule has 150 valence electrons. The average molecular weight is 392 g/mol. The Balaban J connectivity index is 1.84. The fourth-order valence-electron chi connectivity index (χ4n) is 3.16. The number of benzene rings is 2. The number of amides is 1. The number of ether oxygens (including phenoxy) is 3. The molecule has 6 heteroatoms. The molecule has 1 heterocycles. The van der Waals surface area contributed by atoms with Crippen LogP contribution in [-0.2, 0) is 11.2 Å². The number of hydrogen-bond acceptors (Lipinski definition) is 5. The highest BCUT2D eigenvalue weighted by Gasteiger charge is 2.19. The van der Waals surface area contributed by atoms with Gasteiger partial charge in [0.2, 0.25) is 11.7 Å². The van der Waals surface area contributed by atoms with Gasteiger partial charge in [0.15, 0.2) is 11.5 Å². The van der Waals surface area contributed by atoms with E-state index in [9.17, 15) is 4.79 Å². The maximum atomic E-state index is 12.9. The summed E-state index contributed by atoms with van der Waals surface area (Å²) in [6.07, 6.45) is 1.88. The number of nitrogens with one attached hydrogen (secondary N) is 1. The third-order valence-corrected chi connectivity index (χ3v) is 4.51. The Morgan fingerprint density at radius 1 is 0.931 bits per heavy atom. The van der Waals surface area contributed by atoms with Crippen LogP contribution in [0.1, 0.15) is 22.9 Å². The highest BCUT2D eigenvalue weighted by molar-refractivity contribution is 5.80. The number of hydrogen-bond donors (Lipinski definition) is 1. The largest absolute Gasteiger partial charge is 0.493 e. The average Bonchev–Trinajstić information content (AvgIpc) is 2.77. The van der Waals surface area contributed by atoms with Crippen LogP contribution in [-0.4, -0.2) is 32.2 Å². The molecular weight excluding hydrogens is 368 g/mol. The first kappa shape index (κ1) is 20.2. The van der Waals surface area contributed by atoms with Crippen molar-refractivity contribution in [3.05, 3.63) is 83.7 Å². The van der Waals surface area contributed by atoms with Crippen molar-refractivity contribution in [1.82, 2.24) is 10.3 Å². The van der Waals surface area contributed by atoms with E-state index < -0.39 is 0 Å². The van der Waals surface area contributed by atoms with Crippen LogP contribution in [0.25, 0.3) is 0 Å². The molecule has 1 amide bonds. The molecule has 1 atom stereocenters. The summed E-state index contributed by atoms with van der Waals surface area (Å²) in [5, 5.41) is 3.09. The second-order valence-electron chi connectivity index (χ2n) is 6.38. The van der Waals surface area contributed by atoms with Crippen molar-refractivity contribution in [2.75, 3.05) is 21.3 Å². The van der Waals surface area contributed by atoms with Crippen molar-refractivity contribution >= 4 is 5.91 Å². The van der Waals surface area contributed by atoms with E-state index in [1.807, 2.05) is 48.5 Å². The molecule has 0 fully saturated rings. The van der Waals surface area contributed by atoms with Gasteiger partial charge in [-0.2, -0.15) is 0 Å². The molecule has 3 rings (SSSR count). The second kappa shape index (κ2) is 9.59. The van der Waals surface area contributed by atoms with Crippen molar-refractivity contribution in [2.24, 2.45) is 0 Å². The monoisotopic (exact) mass is 392 g/mol. The van der Waals surface area contributed by atoms with Crippen LogP contribution in [0.3, 0.4) is 0 Å². The van der Waals surface area contributed by atoms with Crippen LogP contribution >= 0.6 is 0 Å². The topological polar surface area (TPSA) is 69.7 Å². The van der Waals surface area contributed by atoms with Crippen LogP contribution < -0.4 is 19.5 Å². The van der Waals surface area contributed by atoms with Gasteiger partial charge in [-0.25, -0.2) is 0 Å². The lowest BCUT2D eigenvalue weighted by Gasteiger charge is -2.19. The predicted molar refractivity (Wildman–Crippen MR) is 110 cm³/mol. The van der Waals surface area contributed by atoms with E-state index in [2.05, 4.69) is 10.3 Å². The summed E-state index contributed by atoms with van der Waals surface area (Å²) < 4.78 is 16.1. The summed E-state index contributed by atoms with van der Waals surface area (Å²) in [5.74, 6) is 1.38. The third kappa shape index (κ3) is 4.85. The van der Waals surface area contributed by atoms with E-state index in [0.29, 0.717) is 17.2 Å². The van der Waals surface area contributed by atoms with Gasteiger partial charge in [-0.15, -0.1) is 0 Å². The number of pyridine rings is 1. The number of nitrogens with zero attached hydrogens (tertiary/aromatic N) is 1. The van der Waals surface area contributed by atoms with Gasteiger partial charge in [0.1, 0.15) is 0 Å². The number of carbonyl (C=O) groups excluding carboxylic acids is 1. The maximum absolute atomic E-state index is 12.9. The van der Waals surface area contributed by atoms with Crippen LogP contribution in [0, 0.1) is 0 Å². The molecule has 0 aliphatic rings. The lowest BCUT2D eigenvalue weighted by atomic mass is 10.0. The minimum absolute atomic E-state index is 0.140. The van der Waals surface area contributed by atoms with Crippen LogP contribution in [0.5, 0.6) is 17.2 Å². The Morgan fingerprint density at radius 2 is 1.59 bits per heavy atom. The molecule has 6 nitrogen and oxygen atoms in total. The zero-order valence-electron chi connectivity index (χ0n) is 16.7. The normalized spacial score (nSPS) is 11.4. The lowest BCUT2D eigenvalue weighted by Crippen LogP contribution is -2.31. The van der Waals surface area contributed by atoms with Gasteiger partial charge >= 0.3 is 0 Å². The van der Waals surface area contributed by atoms with Crippen molar-refractivity contribution < 1.29 is 19.0 Å². The molecule has 0 aliphatic carbocycles. The number of aromatic nitrogens is 1. The van der Waals surface area contributed by atoms with Crippen molar-refractivity contribution in [3.63, 3.8) is 0 Å². The number of carbonyl (C=O) groups is 1. The summed E-state index contributed by atoms with van der Waals surface area (Å²) in [7, 11) is 4.64. The van der Waals surface area contributed by atoms with E-state index in [1.165, 1.54) is 0 Å². The van der Waals surface area contributed by atoms with Gasteiger partial charge in [-0.1, -0.05) is 36.4 Å². The molecule has 0 radical (unpaired) electrons. The second-order valence-corrected chi connectivity index (χ2v) is 6.38. The third-order valence-electron chi connectivity index (χ3n) is 4.51. The predicted octanol–water partition coefficient (Wildman–Crippen LogP) is 3.56. The zero-order chi connectivity index (χ0) is 20.6. The molecule has 2 aromatic carbocycles. The molecule has 0 saturated carbocycles. The molecule has 0 saturated heterocycles. The minimum atomic E-state index is -0.341. The maximum Gasteiger partial charge on any atom is 0.225 e. The highest BCUT2D eigenvalue weighted by Crippen LogP contribution is 2.38. The standard InChI is InChI=1S/C23H24N2O4/c1-27-19-13-16(14-20(28-2)23(19)29-3)15-21(26)25-22(17-9-5-4-6-10-17)18-11-7-8-12-24-18/h4-14,22H,15H2,1-3H3,(H,25,26)/t22-/m0/s1. The Hall–Kier alpha value is -3.54. The summed E-state index contributed by atoms with van der Waals surface area (Å²) in [4.78, 5) is 17.3. The molecule has 0 aliphatic heterocycles. The van der Waals surface area contributed by atoms with E-state index in [-0.39, 0.29) is 18.4 Å². The number of methoxy groups -OCH3 is 3. The van der Waals surface area contributed by atoms with E-state index in [0.717, 1.165) is 16.8 Å². The van der Waals surface area contributed by atoms with Gasteiger partial charge in [-0.3, -0.25) is 9.78 Å². The van der Waals surface area contributed by atoms with Gasteiger partial charge in [0.05, 0.1) is 39.5 Å². The lowest BCUT2D eigenvalue weighted by molar-refractivity contribution is -0.121. The van der Waals surface area contributed by atoms with Crippen molar-refractivity contribution in [3.8, 4) is 17.2 Å². The van der Waals surface area contributed by atoms with Gasteiger partial charge in [0, 0.05) is 6.20 Å². The molecule has 1 aromatic heterocycles. The first-order valence-electron chi connectivity index (χ1n) is 9.20. The molecular formula is C23H24N2O4. The summed E-state index contributed by atoms with van der Waals surface area (Å²) in [5.41, 5.74) is 2.49. The van der Waals surface area contributed by atoms with Gasteiger partial charge < -0.3 is 19.5 Å². The Kier molecular flexibility index (Phi) is 6.68. The molecule has 0 bridgehead atoms. The molecule has 0 unspecified atom stereocenters. The SMILES string of the molecule is COc1cc(CC(=O)N[C@@H](c2ccccc2)c2ccccn2)cc(OC)c1OC. The first-order chi connectivity index (χ1) is 14.2. The van der Waals surface area contributed by atoms with E-state index >= 15 is 0 Å². The fourth-order valence-corrected chi connectivity index (χ4v) is 3.16. The molecule has 0 spiro atoms. The summed E-state index contributed by atoms with van der Waals surface area (Å²) >= 11 is 0. The van der Waals surface area contributed by atoms with Gasteiger partial charge in [-0.05, 0) is 35.4 Å². The van der Waals surface area contributed by atoms with Crippen LogP contribution in [0.2, 0.25) is 0 Å². The van der Waals surface area contributed by atoms with Crippen LogP contribution in [0.4, 0.5) is 0 Å². The Morgan fingerprint density at radius 3 is 2.14 bits per heavy atom. The van der Waals surface area contributed by atoms with Gasteiger partial charge in [0.25, 0.3) is 0 Å². The Bertz CT molecular complexity index is 881.